The van der Waals surface area contributed by atoms with Gasteiger partial charge in [0.25, 0.3) is 5.69 Å². The zero-order valence-electron chi connectivity index (χ0n) is 27.6. The zero-order chi connectivity index (χ0) is 37.6. The lowest BCUT2D eigenvalue weighted by molar-refractivity contribution is -0.384. The van der Waals surface area contributed by atoms with Gasteiger partial charge in [-0.2, -0.15) is 13.2 Å². The van der Waals surface area contributed by atoms with Gasteiger partial charge in [0.05, 0.1) is 36.2 Å². The van der Waals surface area contributed by atoms with E-state index >= 15 is 0 Å². The third kappa shape index (κ3) is 11.4. The number of carbonyl (C=O) groups excluding carboxylic acids is 3. The molecule has 0 radical (unpaired) electrons. The van der Waals surface area contributed by atoms with Gasteiger partial charge in [0.15, 0.2) is 24.7 Å². The summed E-state index contributed by atoms with van der Waals surface area (Å²) in [6.45, 7) is 0.788. The van der Waals surface area contributed by atoms with Crippen molar-refractivity contribution >= 4 is 23.7 Å². The summed E-state index contributed by atoms with van der Waals surface area (Å²) in [5.74, 6) is 1.53. The van der Waals surface area contributed by atoms with Crippen LogP contribution in [0.25, 0.3) is 0 Å². The number of carbonyl (C=O) groups is 3. The summed E-state index contributed by atoms with van der Waals surface area (Å²) in [7, 11) is 2.35. The summed E-state index contributed by atoms with van der Waals surface area (Å²) in [5, 5.41) is 28.9. The number of nitro groups is 1. The molecule has 51 heavy (non-hydrogen) atoms. The third-order valence-corrected chi connectivity index (χ3v) is 7.01. The standard InChI is InChI=1S/C33H35F3N4O11/c1-20-26(27(21-9-8-10-22(17-21)40(45)46)28(30(42)48-3)29(39-20)33(34,35)36)31(43)49-15-6-7-16-50-32(44)38-14-13-37-18-23(41)19-51-25-12-5-4-11-24(25)47-2/h4-5,8-12,17,23,27,37,39,41H,13-16,18-19H2,1-3H3,(H,38,44). The molecule has 2 atom stereocenters. The van der Waals surface area contributed by atoms with E-state index in [1.54, 1.807) is 24.3 Å². The molecule has 0 aromatic heterocycles. The number of non-ortho nitro benzene ring substituents is 1. The molecular weight excluding hydrogens is 685 g/mol. The van der Waals surface area contributed by atoms with Crippen LogP contribution in [0.3, 0.4) is 0 Å². The van der Waals surface area contributed by atoms with Crippen molar-refractivity contribution in [3.63, 3.8) is 0 Å². The molecule has 0 bridgehead atoms. The highest BCUT2D eigenvalue weighted by atomic mass is 19.4. The second kappa shape index (κ2) is 18.8. The molecule has 18 heteroatoms. The van der Waals surface area contributed by atoms with Crippen LogP contribution in [0.5, 0.6) is 11.5 Å². The number of allylic oxidation sites excluding steroid dienone is 2. The topological polar surface area (TPSA) is 197 Å². The lowest BCUT2D eigenvalue weighted by Gasteiger charge is -2.31. The third-order valence-electron chi connectivity index (χ3n) is 7.01. The number of aliphatic hydroxyl groups is 1. The minimum Gasteiger partial charge on any atom is -0.493 e. The number of dihydropyridines is 1. The molecule has 1 amide bonds. The number of hydrogen-bond acceptors (Lipinski definition) is 13. The zero-order valence-corrected chi connectivity index (χ0v) is 27.6. The van der Waals surface area contributed by atoms with Crippen LogP contribution in [0.2, 0.25) is 0 Å². The molecule has 0 aliphatic carbocycles. The predicted octanol–water partition coefficient (Wildman–Crippen LogP) is 2.86. The maximum absolute atomic E-state index is 14.0. The van der Waals surface area contributed by atoms with Crippen molar-refractivity contribution in [1.82, 2.24) is 16.0 Å². The van der Waals surface area contributed by atoms with E-state index in [0.717, 1.165) is 26.2 Å². The molecule has 15 nitrogen and oxygen atoms in total. The van der Waals surface area contributed by atoms with E-state index in [2.05, 4.69) is 27.2 Å². The molecule has 274 valence electrons. The van der Waals surface area contributed by atoms with Crippen LogP contribution in [0.15, 0.2) is 71.1 Å². The van der Waals surface area contributed by atoms with Gasteiger partial charge in [0.1, 0.15) is 18.4 Å². The van der Waals surface area contributed by atoms with Crippen LogP contribution in [-0.4, -0.2) is 94.0 Å². The van der Waals surface area contributed by atoms with Gasteiger partial charge in [-0.1, -0.05) is 36.1 Å². The van der Waals surface area contributed by atoms with E-state index in [1.807, 2.05) is 5.32 Å². The van der Waals surface area contributed by atoms with Crippen LogP contribution in [0, 0.1) is 22.0 Å². The minimum absolute atomic E-state index is 0.00782. The van der Waals surface area contributed by atoms with Crippen molar-refractivity contribution in [3.05, 3.63) is 86.7 Å². The molecule has 0 saturated carbocycles. The van der Waals surface area contributed by atoms with Crippen LogP contribution in [0.1, 0.15) is 18.4 Å². The normalized spacial score (nSPS) is 14.7. The fourth-order valence-corrected chi connectivity index (χ4v) is 4.74. The Morgan fingerprint density at radius 3 is 2.33 bits per heavy atom. The Kier molecular flexibility index (Phi) is 14.6. The molecule has 1 heterocycles. The highest BCUT2D eigenvalue weighted by Crippen LogP contribution is 2.44. The van der Waals surface area contributed by atoms with Crippen molar-refractivity contribution in [3.8, 4) is 23.3 Å². The summed E-state index contributed by atoms with van der Waals surface area (Å²) >= 11 is 0. The fourth-order valence-electron chi connectivity index (χ4n) is 4.74. The van der Waals surface area contributed by atoms with Crippen LogP contribution in [-0.2, 0) is 23.8 Å². The largest absolute Gasteiger partial charge is 0.493 e. The van der Waals surface area contributed by atoms with Crippen molar-refractivity contribution in [2.45, 2.75) is 25.1 Å². The number of nitro benzene ring substituents is 1. The summed E-state index contributed by atoms with van der Waals surface area (Å²) in [5.41, 5.74) is -3.93. The van der Waals surface area contributed by atoms with Gasteiger partial charge in [0.2, 0.25) is 0 Å². The number of esters is 2. The van der Waals surface area contributed by atoms with Crippen LogP contribution < -0.4 is 25.4 Å². The quantitative estimate of drug-likeness (QED) is 0.0524. The summed E-state index contributed by atoms with van der Waals surface area (Å²) in [4.78, 5) is 48.4. The number of amides is 1. The summed E-state index contributed by atoms with van der Waals surface area (Å²) < 4.78 is 67.5. The number of alkyl carbamates (subject to hydrolysis) is 1. The van der Waals surface area contributed by atoms with Crippen LogP contribution >= 0.6 is 0 Å². The lowest BCUT2D eigenvalue weighted by atomic mass is 9.80. The van der Waals surface area contributed by atoms with E-state index < -0.39 is 76.9 Å². The van der Waals surface area contributed by atoms with Crippen molar-refractivity contribution in [2.24, 2.45) is 0 Å². The number of benzene rings is 2. The van der Waals surface area contributed by atoms with E-state index in [-0.39, 0.29) is 31.0 Å². The molecule has 4 N–H and O–H groups in total. The molecule has 0 fully saturated rings. The predicted molar refractivity (Wildman–Crippen MR) is 172 cm³/mol. The Morgan fingerprint density at radius 1 is 1.00 bits per heavy atom. The van der Waals surface area contributed by atoms with Gasteiger partial charge in [-0.15, -0.1) is 0 Å². The monoisotopic (exact) mass is 720 g/mol. The Hall–Kier alpha value is -5.80. The molecular formula is C33H35F3N4O11. The number of halogens is 3. The first kappa shape index (κ1) is 39.6. The highest BCUT2D eigenvalue weighted by molar-refractivity contribution is 6.00. The number of hydrogen-bond donors (Lipinski definition) is 4. The number of alkyl halides is 3. The van der Waals surface area contributed by atoms with Gasteiger partial charge >= 0.3 is 24.2 Å². The van der Waals surface area contributed by atoms with Gasteiger partial charge in [-0.3, -0.25) is 10.1 Å². The lowest BCUT2D eigenvalue weighted by Crippen LogP contribution is -2.38. The minimum atomic E-state index is -5.09. The van der Waals surface area contributed by atoms with Gasteiger partial charge in [0, 0.05) is 37.5 Å². The fraction of sp³-hybridized carbons (Fsp3) is 0.364. The van der Waals surface area contributed by atoms with Crippen molar-refractivity contribution in [1.29, 1.82) is 0 Å². The smallest absolute Gasteiger partial charge is 0.431 e. The maximum atomic E-state index is 14.0. The first-order valence-corrected chi connectivity index (χ1v) is 15.1. The number of ether oxygens (including phenoxy) is 5. The first-order chi connectivity index (χ1) is 24.3. The van der Waals surface area contributed by atoms with E-state index in [1.165, 1.54) is 19.2 Å². The average Bonchev–Trinajstić information content (AvgIpc) is 3.10. The Morgan fingerprint density at radius 2 is 1.69 bits per heavy atom. The molecule has 1 aliphatic rings. The summed E-state index contributed by atoms with van der Waals surface area (Å²) in [6, 6.07) is 11.4. The van der Waals surface area contributed by atoms with E-state index in [4.69, 9.17) is 18.9 Å². The number of rotatable bonds is 15. The first-order valence-electron chi connectivity index (χ1n) is 15.1. The molecule has 2 aromatic carbocycles. The van der Waals surface area contributed by atoms with Crippen molar-refractivity contribution < 1.29 is 61.3 Å². The average molecular weight is 721 g/mol. The van der Waals surface area contributed by atoms with Gasteiger partial charge in [-0.25, -0.2) is 14.4 Å². The van der Waals surface area contributed by atoms with E-state index in [0.29, 0.717) is 18.0 Å². The number of para-hydroxylation sites is 2. The molecule has 1 aliphatic heterocycles. The second-order valence-electron chi connectivity index (χ2n) is 10.5. The van der Waals surface area contributed by atoms with Gasteiger partial charge in [-0.05, 0) is 24.6 Å². The van der Waals surface area contributed by atoms with Crippen molar-refractivity contribution in [2.75, 3.05) is 53.7 Å². The Bertz CT molecular complexity index is 1720. The van der Waals surface area contributed by atoms with Crippen LogP contribution in [0.4, 0.5) is 23.7 Å². The Balaban J connectivity index is 1.51. The highest BCUT2D eigenvalue weighted by Gasteiger charge is 2.47. The van der Waals surface area contributed by atoms with Gasteiger partial charge < -0.3 is 44.7 Å². The molecule has 0 spiro atoms. The number of aliphatic hydroxyl groups excluding tert-OH is 1. The van der Waals surface area contributed by atoms with E-state index in [9.17, 15) is 42.8 Å². The summed E-state index contributed by atoms with van der Waals surface area (Å²) in [6.07, 6.45) is -6.74. The SMILES string of the molecule is COC(=O)C1=C(C(F)(F)F)NC(C)=C(C(=O)OCC#CCOC(=O)NCCNCC(O)COc2ccccc2OC)C1c1cccc([N+](=O)[O-])c1. The number of nitrogens with zero attached hydrogens (tertiary/aromatic N) is 1. The Labute approximate surface area is 289 Å². The molecule has 2 aromatic rings. The number of methoxy groups -OCH3 is 2. The molecule has 2 unspecified atom stereocenters. The number of nitrogens with one attached hydrogen (secondary N) is 3. The second-order valence-corrected chi connectivity index (χ2v) is 10.5. The molecule has 0 saturated heterocycles. The maximum Gasteiger partial charge on any atom is 0.431 e. The molecule has 3 rings (SSSR count).